The van der Waals surface area contributed by atoms with Gasteiger partial charge in [0.2, 0.25) is 0 Å². The van der Waals surface area contributed by atoms with Crippen LogP contribution in [0.3, 0.4) is 0 Å². The summed E-state index contributed by atoms with van der Waals surface area (Å²) < 4.78 is 0. The molecule has 0 aliphatic carbocycles. The van der Waals surface area contributed by atoms with E-state index < -0.39 is 0 Å². The summed E-state index contributed by atoms with van der Waals surface area (Å²) in [5.74, 6) is 0. The first-order valence-corrected chi connectivity index (χ1v) is 6.91. The molecule has 2 heteroatoms. The number of nitriles is 1. The van der Waals surface area contributed by atoms with Crippen molar-refractivity contribution in [3.63, 3.8) is 0 Å². The maximum absolute atomic E-state index is 9.48. The van der Waals surface area contributed by atoms with Crippen molar-refractivity contribution in [1.82, 2.24) is 4.90 Å². The van der Waals surface area contributed by atoms with Gasteiger partial charge in [-0.15, -0.1) is 0 Å². The van der Waals surface area contributed by atoms with E-state index >= 15 is 0 Å². The van der Waals surface area contributed by atoms with E-state index in [2.05, 4.69) is 48.2 Å². The van der Waals surface area contributed by atoms with Crippen molar-refractivity contribution in [3.05, 3.63) is 71.3 Å². The second kappa shape index (κ2) is 6.88. The lowest BCUT2D eigenvalue weighted by atomic mass is 10.0. The summed E-state index contributed by atoms with van der Waals surface area (Å²) in [4.78, 5) is 2.12. The van der Waals surface area contributed by atoms with Crippen LogP contribution in [0.5, 0.6) is 0 Å². The number of benzene rings is 2. The third-order valence-corrected chi connectivity index (χ3v) is 3.64. The Morgan fingerprint density at radius 1 is 1.05 bits per heavy atom. The van der Waals surface area contributed by atoms with Crippen LogP contribution < -0.4 is 0 Å². The minimum absolute atomic E-state index is 0.181. The van der Waals surface area contributed by atoms with Crippen LogP contribution in [0.4, 0.5) is 0 Å². The van der Waals surface area contributed by atoms with Crippen LogP contribution in [0.15, 0.2) is 54.6 Å². The predicted octanol–water partition coefficient (Wildman–Crippen LogP) is 3.73. The quantitative estimate of drug-likeness (QED) is 0.822. The largest absolute Gasteiger partial charge is 0.287 e. The van der Waals surface area contributed by atoms with Gasteiger partial charge < -0.3 is 0 Å². The van der Waals surface area contributed by atoms with Crippen molar-refractivity contribution < 1.29 is 0 Å². The molecular formula is C18H20N2. The maximum Gasteiger partial charge on any atom is 0.123 e. The van der Waals surface area contributed by atoms with Gasteiger partial charge in [0.15, 0.2) is 0 Å². The van der Waals surface area contributed by atoms with E-state index in [0.29, 0.717) is 0 Å². The van der Waals surface area contributed by atoms with E-state index in [4.69, 9.17) is 0 Å². The van der Waals surface area contributed by atoms with Crippen molar-refractivity contribution in [3.8, 4) is 6.07 Å². The summed E-state index contributed by atoms with van der Waals surface area (Å²) in [5.41, 5.74) is 3.58. The van der Waals surface area contributed by atoms with Gasteiger partial charge in [-0.25, -0.2) is 0 Å². The lowest BCUT2D eigenvalue weighted by molar-refractivity contribution is 0.294. The van der Waals surface area contributed by atoms with E-state index in [9.17, 15) is 5.26 Å². The molecule has 20 heavy (non-hydrogen) atoms. The highest BCUT2D eigenvalue weighted by Gasteiger charge is 2.17. The fourth-order valence-electron chi connectivity index (χ4n) is 2.38. The smallest absolute Gasteiger partial charge is 0.123 e. The van der Waals surface area contributed by atoms with Gasteiger partial charge in [0.1, 0.15) is 6.04 Å². The first kappa shape index (κ1) is 14.3. The highest BCUT2D eigenvalue weighted by atomic mass is 15.1. The molecule has 0 aromatic heterocycles. The van der Waals surface area contributed by atoms with Crippen LogP contribution in [-0.2, 0) is 6.42 Å². The normalized spacial score (nSPS) is 12.1. The predicted molar refractivity (Wildman–Crippen MR) is 82.3 cm³/mol. The number of hydrogen-bond donors (Lipinski definition) is 0. The van der Waals surface area contributed by atoms with E-state index in [1.165, 1.54) is 11.1 Å². The Bertz CT molecular complexity index is 584. The van der Waals surface area contributed by atoms with Crippen molar-refractivity contribution >= 4 is 0 Å². The molecular weight excluding hydrogens is 244 g/mol. The van der Waals surface area contributed by atoms with Gasteiger partial charge in [-0.2, -0.15) is 5.26 Å². The molecule has 1 atom stereocenters. The highest BCUT2D eigenvalue weighted by molar-refractivity contribution is 5.32. The van der Waals surface area contributed by atoms with Crippen LogP contribution in [0, 0.1) is 18.3 Å². The Morgan fingerprint density at radius 3 is 2.35 bits per heavy atom. The Morgan fingerprint density at radius 2 is 1.70 bits per heavy atom. The Balaban J connectivity index is 2.05. The lowest BCUT2D eigenvalue weighted by Gasteiger charge is -2.24. The van der Waals surface area contributed by atoms with Gasteiger partial charge in [-0.3, -0.25) is 4.90 Å². The molecule has 0 radical (unpaired) electrons. The zero-order valence-corrected chi connectivity index (χ0v) is 12.1. The number of nitrogens with zero attached hydrogens (tertiary/aromatic N) is 2. The zero-order valence-electron chi connectivity index (χ0n) is 12.1. The fourth-order valence-corrected chi connectivity index (χ4v) is 2.38. The Hall–Kier alpha value is -2.11. The molecule has 2 aromatic carbocycles. The molecule has 0 fully saturated rings. The van der Waals surface area contributed by atoms with Crippen LogP contribution in [-0.4, -0.2) is 18.5 Å². The van der Waals surface area contributed by atoms with E-state index in [1.807, 2.05) is 31.3 Å². The third kappa shape index (κ3) is 3.46. The SMILES string of the molecule is Cc1ccccc1C(C#N)N(C)CCc1ccccc1. The molecule has 102 valence electrons. The van der Waals surface area contributed by atoms with Crippen LogP contribution in [0.2, 0.25) is 0 Å². The van der Waals surface area contributed by atoms with Gasteiger partial charge in [0.25, 0.3) is 0 Å². The third-order valence-electron chi connectivity index (χ3n) is 3.64. The maximum atomic E-state index is 9.48. The fraction of sp³-hybridized carbons (Fsp3) is 0.278. The molecule has 2 aromatic rings. The first-order valence-electron chi connectivity index (χ1n) is 6.91. The number of hydrogen-bond acceptors (Lipinski definition) is 2. The van der Waals surface area contributed by atoms with Crippen LogP contribution in [0.25, 0.3) is 0 Å². The van der Waals surface area contributed by atoms with Crippen molar-refractivity contribution in [2.75, 3.05) is 13.6 Å². The van der Waals surface area contributed by atoms with Crippen molar-refractivity contribution in [2.24, 2.45) is 0 Å². The van der Waals surface area contributed by atoms with Gasteiger partial charge >= 0.3 is 0 Å². The summed E-state index contributed by atoms with van der Waals surface area (Å²) in [6, 6.07) is 20.7. The number of likely N-dealkylation sites (N-methyl/N-ethyl adjacent to an activating group) is 1. The standard InChI is InChI=1S/C18H20N2/c1-15-8-6-7-11-17(15)18(14-19)20(2)13-12-16-9-4-3-5-10-16/h3-11,18H,12-13H2,1-2H3. The van der Waals surface area contributed by atoms with Gasteiger partial charge in [0, 0.05) is 6.54 Å². The molecule has 0 amide bonds. The topological polar surface area (TPSA) is 27.0 Å². The summed E-state index contributed by atoms with van der Waals surface area (Å²) in [5, 5.41) is 9.48. The van der Waals surface area contributed by atoms with Crippen molar-refractivity contribution in [1.29, 1.82) is 5.26 Å². The summed E-state index contributed by atoms with van der Waals surface area (Å²) in [6.07, 6.45) is 0.960. The van der Waals surface area contributed by atoms with E-state index in [1.54, 1.807) is 0 Å². The molecule has 0 aliphatic rings. The molecule has 0 heterocycles. The minimum Gasteiger partial charge on any atom is -0.287 e. The Labute approximate surface area is 121 Å². The van der Waals surface area contributed by atoms with Gasteiger partial charge in [-0.05, 0) is 37.1 Å². The zero-order chi connectivity index (χ0) is 14.4. The molecule has 1 unspecified atom stereocenters. The summed E-state index contributed by atoms with van der Waals surface area (Å²) in [7, 11) is 2.02. The summed E-state index contributed by atoms with van der Waals surface area (Å²) >= 11 is 0. The molecule has 0 spiro atoms. The van der Waals surface area contributed by atoms with E-state index in [0.717, 1.165) is 18.5 Å². The van der Waals surface area contributed by atoms with Crippen LogP contribution in [0.1, 0.15) is 22.7 Å². The number of aryl methyl sites for hydroxylation is 1. The van der Waals surface area contributed by atoms with Crippen LogP contribution >= 0.6 is 0 Å². The second-order valence-corrected chi connectivity index (χ2v) is 5.10. The molecule has 0 N–H and O–H groups in total. The minimum atomic E-state index is -0.181. The number of rotatable bonds is 5. The second-order valence-electron chi connectivity index (χ2n) is 5.10. The molecule has 2 nitrogen and oxygen atoms in total. The van der Waals surface area contributed by atoms with Crippen molar-refractivity contribution in [2.45, 2.75) is 19.4 Å². The van der Waals surface area contributed by atoms with Gasteiger partial charge in [0.05, 0.1) is 6.07 Å². The molecule has 0 saturated carbocycles. The molecule has 2 rings (SSSR count). The highest BCUT2D eigenvalue weighted by Crippen LogP contribution is 2.22. The van der Waals surface area contributed by atoms with E-state index in [-0.39, 0.29) is 6.04 Å². The summed E-state index contributed by atoms with van der Waals surface area (Å²) in [6.45, 7) is 2.93. The Kier molecular flexibility index (Phi) is 4.92. The molecule has 0 aliphatic heterocycles. The molecule has 0 bridgehead atoms. The first-order chi connectivity index (χ1) is 9.72. The average Bonchev–Trinajstić information content (AvgIpc) is 2.49. The average molecular weight is 264 g/mol. The van der Waals surface area contributed by atoms with Gasteiger partial charge in [-0.1, -0.05) is 54.6 Å². The monoisotopic (exact) mass is 264 g/mol. The lowest BCUT2D eigenvalue weighted by Crippen LogP contribution is -2.26. The molecule has 0 saturated heterocycles.